The fourth-order valence-corrected chi connectivity index (χ4v) is 6.80. The zero-order valence-electron chi connectivity index (χ0n) is 24.0. The van der Waals surface area contributed by atoms with Crippen molar-refractivity contribution in [3.05, 3.63) is 65.9 Å². The topological polar surface area (TPSA) is 118 Å². The lowest BCUT2D eigenvalue weighted by atomic mass is 10.0. The second kappa shape index (κ2) is 11.4. The van der Waals surface area contributed by atoms with E-state index in [4.69, 9.17) is 18.6 Å². The summed E-state index contributed by atoms with van der Waals surface area (Å²) in [5.41, 5.74) is 4.61. The van der Waals surface area contributed by atoms with Crippen LogP contribution in [0.3, 0.4) is 0 Å². The van der Waals surface area contributed by atoms with E-state index in [-0.39, 0.29) is 18.1 Å². The molecule has 2 aromatic heterocycles. The van der Waals surface area contributed by atoms with Crippen LogP contribution in [0.4, 0.5) is 0 Å². The molecule has 2 aromatic carbocycles. The third kappa shape index (κ3) is 5.22. The van der Waals surface area contributed by atoms with Crippen LogP contribution in [0.1, 0.15) is 41.6 Å². The number of amides is 1. The smallest absolute Gasteiger partial charge is 0.254 e. The molecule has 0 spiro atoms. The molecule has 0 bridgehead atoms. The molecule has 9 nitrogen and oxygen atoms in total. The van der Waals surface area contributed by atoms with E-state index in [0.29, 0.717) is 83.2 Å². The highest BCUT2D eigenvalue weighted by molar-refractivity contribution is 5.97. The number of furan rings is 1. The van der Waals surface area contributed by atoms with Crippen LogP contribution < -0.4 is 9.47 Å². The van der Waals surface area contributed by atoms with Crippen LogP contribution >= 0.6 is 0 Å². The number of carbonyl (C=O) groups is 1. The van der Waals surface area contributed by atoms with E-state index in [1.165, 1.54) is 0 Å². The van der Waals surface area contributed by atoms with Gasteiger partial charge in [0.1, 0.15) is 34.9 Å². The second-order valence-corrected chi connectivity index (χ2v) is 11.7. The van der Waals surface area contributed by atoms with E-state index in [9.17, 15) is 15.2 Å². The van der Waals surface area contributed by atoms with Crippen molar-refractivity contribution >= 4 is 17.0 Å². The van der Waals surface area contributed by atoms with Gasteiger partial charge in [0.15, 0.2) is 5.58 Å². The number of nitrogens with zero attached hydrogens (tertiary/aromatic N) is 3. The summed E-state index contributed by atoms with van der Waals surface area (Å²) >= 11 is 0. The van der Waals surface area contributed by atoms with Gasteiger partial charge >= 0.3 is 0 Å². The number of pyridine rings is 1. The Hall–Kier alpha value is -4.39. The van der Waals surface area contributed by atoms with Gasteiger partial charge in [0.25, 0.3) is 5.91 Å². The first-order valence-corrected chi connectivity index (χ1v) is 14.8. The van der Waals surface area contributed by atoms with Crippen molar-refractivity contribution in [1.29, 1.82) is 5.26 Å². The second-order valence-electron chi connectivity index (χ2n) is 11.7. The summed E-state index contributed by atoms with van der Waals surface area (Å²) in [6.07, 6.45) is 4.65. The van der Waals surface area contributed by atoms with Crippen molar-refractivity contribution < 1.29 is 28.5 Å². The number of hydrogen-bond donors (Lipinski definition) is 1. The highest BCUT2D eigenvalue weighted by Gasteiger charge is 2.42. The average molecular weight is 580 g/mol. The Balaban J connectivity index is 1.16. The number of ether oxygens (including phenoxy) is 3. The summed E-state index contributed by atoms with van der Waals surface area (Å²) in [6, 6.07) is 17.0. The molecule has 43 heavy (non-hydrogen) atoms. The van der Waals surface area contributed by atoms with Crippen LogP contribution in [-0.4, -0.2) is 66.5 Å². The van der Waals surface area contributed by atoms with Crippen molar-refractivity contribution in [3.8, 4) is 40.0 Å². The number of aliphatic hydroxyl groups is 1. The number of nitriles is 1. The number of carbonyl (C=O) groups excluding carboxylic acids is 1. The summed E-state index contributed by atoms with van der Waals surface area (Å²) in [4.78, 5) is 19.8. The van der Waals surface area contributed by atoms with E-state index >= 15 is 0 Å². The van der Waals surface area contributed by atoms with Crippen molar-refractivity contribution in [3.63, 3.8) is 0 Å². The van der Waals surface area contributed by atoms with Gasteiger partial charge in [-0.1, -0.05) is 6.07 Å². The largest absolute Gasteiger partial charge is 0.496 e. The first-order valence-electron chi connectivity index (χ1n) is 14.8. The Morgan fingerprint density at radius 2 is 1.81 bits per heavy atom. The SMILES string of the molecule is COc1cc(C(=O)N2C[C@H]3CC(O)C[C@H]3C2)ccc1-c1cc2nccc(-c3ccc(OC4CCOCC4)c(C#N)c3)c2o1. The molecule has 3 fully saturated rings. The Bertz CT molecular complexity index is 1710. The molecule has 2 saturated heterocycles. The minimum absolute atomic E-state index is 0.0279. The average Bonchev–Trinajstić information content (AvgIpc) is 3.74. The fourth-order valence-electron chi connectivity index (χ4n) is 6.80. The van der Waals surface area contributed by atoms with Crippen molar-refractivity contribution in [1.82, 2.24) is 9.88 Å². The van der Waals surface area contributed by atoms with Gasteiger partial charge in [-0.2, -0.15) is 5.26 Å². The highest BCUT2D eigenvalue weighted by atomic mass is 16.5. The molecule has 220 valence electrons. The lowest BCUT2D eigenvalue weighted by Crippen LogP contribution is -2.30. The van der Waals surface area contributed by atoms with Gasteiger partial charge in [-0.15, -0.1) is 0 Å². The Morgan fingerprint density at radius 3 is 2.56 bits per heavy atom. The minimum Gasteiger partial charge on any atom is -0.496 e. The number of aliphatic hydroxyl groups excluding tert-OH is 1. The molecule has 7 rings (SSSR count). The predicted molar refractivity (Wildman–Crippen MR) is 159 cm³/mol. The molecule has 1 aliphatic carbocycles. The number of methoxy groups -OCH3 is 1. The zero-order valence-corrected chi connectivity index (χ0v) is 24.0. The minimum atomic E-state index is -0.241. The zero-order chi connectivity index (χ0) is 29.5. The fraction of sp³-hybridized carbons (Fsp3) is 0.382. The van der Waals surface area contributed by atoms with Gasteiger partial charge in [-0.25, -0.2) is 0 Å². The maximum absolute atomic E-state index is 13.3. The highest BCUT2D eigenvalue weighted by Crippen LogP contribution is 2.41. The normalized spacial score (nSPS) is 22.0. The standard InChI is InChI=1S/C34H33N3O6/c1-40-31-15-21(34(39)37-18-23-13-25(38)14-24(23)19-37)2-4-28(31)32-16-29-33(43-32)27(6-9-36-29)20-3-5-30(22(12-20)17-35)42-26-7-10-41-11-8-26/h2-6,9,12,15-16,23-26,38H,7-8,10-11,13-14,18-19H2,1H3/t23-,24+,25?. The molecule has 4 heterocycles. The van der Waals surface area contributed by atoms with Crippen LogP contribution in [0, 0.1) is 23.2 Å². The third-order valence-electron chi connectivity index (χ3n) is 9.01. The number of rotatable bonds is 6. The van der Waals surface area contributed by atoms with Crippen LogP contribution in [-0.2, 0) is 4.74 Å². The van der Waals surface area contributed by atoms with Crippen LogP contribution in [0.25, 0.3) is 33.6 Å². The van der Waals surface area contributed by atoms with Crippen molar-refractivity contribution in [2.75, 3.05) is 33.4 Å². The maximum atomic E-state index is 13.3. The van der Waals surface area contributed by atoms with Crippen LogP contribution in [0.5, 0.6) is 11.5 Å². The van der Waals surface area contributed by atoms with Crippen molar-refractivity contribution in [2.24, 2.45) is 11.8 Å². The lowest BCUT2D eigenvalue weighted by molar-refractivity contribution is 0.0254. The molecule has 3 aliphatic rings. The Labute approximate surface area is 249 Å². The molecule has 1 N–H and O–H groups in total. The molecule has 1 saturated carbocycles. The van der Waals surface area contributed by atoms with Crippen LogP contribution in [0.2, 0.25) is 0 Å². The molecule has 0 radical (unpaired) electrons. The van der Waals surface area contributed by atoms with Crippen LogP contribution in [0.15, 0.2) is 59.1 Å². The molecule has 1 unspecified atom stereocenters. The van der Waals surface area contributed by atoms with E-state index in [2.05, 4.69) is 11.1 Å². The van der Waals surface area contributed by atoms with Gasteiger partial charge in [0.05, 0.1) is 37.6 Å². The number of benzene rings is 2. The summed E-state index contributed by atoms with van der Waals surface area (Å²) in [6.45, 7) is 2.68. The van der Waals surface area contributed by atoms with E-state index in [1.54, 1.807) is 25.4 Å². The molecular formula is C34H33N3O6. The third-order valence-corrected chi connectivity index (χ3v) is 9.01. The summed E-state index contributed by atoms with van der Waals surface area (Å²) in [5, 5.41) is 19.8. The molecule has 4 aromatic rings. The first-order chi connectivity index (χ1) is 21.0. The van der Waals surface area contributed by atoms with E-state index in [0.717, 1.165) is 36.8 Å². The summed E-state index contributed by atoms with van der Waals surface area (Å²) in [5.74, 6) is 2.38. The number of aromatic nitrogens is 1. The molecule has 3 atom stereocenters. The molecular weight excluding hydrogens is 546 g/mol. The first kappa shape index (κ1) is 27.4. The monoisotopic (exact) mass is 579 g/mol. The number of fused-ring (bicyclic) bond motifs is 2. The molecule has 9 heteroatoms. The molecule has 2 aliphatic heterocycles. The number of hydrogen-bond acceptors (Lipinski definition) is 8. The van der Waals surface area contributed by atoms with Gasteiger partial charge in [-0.3, -0.25) is 9.78 Å². The van der Waals surface area contributed by atoms with Gasteiger partial charge in [0.2, 0.25) is 0 Å². The Morgan fingerprint density at radius 1 is 1.02 bits per heavy atom. The summed E-state index contributed by atoms with van der Waals surface area (Å²) in [7, 11) is 1.58. The summed E-state index contributed by atoms with van der Waals surface area (Å²) < 4.78 is 23.7. The number of likely N-dealkylation sites (tertiary alicyclic amines) is 1. The maximum Gasteiger partial charge on any atom is 0.254 e. The van der Waals surface area contributed by atoms with Gasteiger partial charge in [0, 0.05) is 49.3 Å². The van der Waals surface area contributed by atoms with E-state index < -0.39 is 0 Å². The van der Waals surface area contributed by atoms with E-state index in [1.807, 2.05) is 41.3 Å². The van der Waals surface area contributed by atoms with Crippen molar-refractivity contribution in [2.45, 2.75) is 37.9 Å². The quantitative estimate of drug-likeness (QED) is 0.321. The van der Waals surface area contributed by atoms with Gasteiger partial charge < -0.3 is 28.6 Å². The molecule has 1 amide bonds. The Kier molecular flexibility index (Phi) is 7.25. The lowest BCUT2D eigenvalue weighted by Gasteiger charge is -2.23. The van der Waals surface area contributed by atoms with Gasteiger partial charge in [-0.05, 0) is 66.6 Å². The predicted octanol–water partition coefficient (Wildman–Crippen LogP) is 5.44.